The molecule has 2 rings (SSSR count). The summed E-state index contributed by atoms with van der Waals surface area (Å²) < 4.78 is 5.20. The molecular formula is C10H13ClN4O. The number of methoxy groups -OCH3 is 1. The third-order valence-corrected chi connectivity index (χ3v) is 2.62. The van der Waals surface area contributed by atoms with Gasteiger partial charge in [-0.15, -0.1) is 0 Å². The largest absolute Gasteiger partial charge is 0.481 e. The van der Waals surface area contributed by atoms with Crippen LogP contribution in [0.1, 0.15) is 11.4 Å². The Hall–Kier alpha value is -1.36. The molecule has 86 valence electrons. The van der Waals surface area contributed by atoms with Crippen LogP contribution in [0.4, 0.5) is 0 Å². The Morgan fingerprint density at radius 2 is 2.25 bits per heavy atom. The second-order valence-corrected chi connectivity index (χ2v) is 3.84. The van der Waals surface area contributed by atoms with E-state index in [1.54, 1.807) is 14.0 Å². The van der Waals surface area contributed by atoms with E-state index in [2.05, 4.69) is 20.3 Å². The molecule has 0 spiro atoms. The molecule has 16 heavy (non-hydrogen) atoms. The molecule has 0 atom stereocenters. The molecular weight excluding hydrogens is 228 g/mol. The molecule has 5 nitrogen and oxygen atoms in total. The van der Waals surface area contributed by atoms with Crippen LogP contribution in [-0.4, -0.2) is 36.0 Å². The highest BCUT2D eigenvalue weighted by Gasteiger charge is 2.16. The van der Waals surface area contributed by atoms with Gasteiger partial charge in [0, 0.05) is 13.0 Å². The molecule has 1 aliphatic rings. The van der Waals surface area contributed by atoms with Gasteiger partial charge in [0.2, 0.25) is 5.88 Å². The van der Waals surface area contributed by atoms with Crippen LogP contribution in [-0.2, 0) is 6.42 Å². The summed E-state index contributed by atoms with van der Waals surface area (Å²) >= 11 is 6.08. The van der Waals surface area contributed by atoms with E-state index in [1.165, 1.54) is 0 Å². The normalized spacial score (nSPS) is 14.6. The van der Waals surface area contributed by atoms with Crippen molar-refractivity contribution in [2.75, 3.05) is 20.2 Å². The molecule has 0 saturated carbocycles. The Morgan fingerprint density at radius 3 is 2.88 bits per heavy atom. The van der Waals surface area contributed by atoms with Gasteiger partial charge in [0.1, 0.15) is 16.8 Å². The maximum absolute atomic E-state index is 6.08. The minimum absolute atomic E-state index is 0.431. The Kier molecular flexibility index (Phi) is 3.24. The smallest absolute Gasteiger partial charge is 0.221 e. The van der Waals surface area contributed by atoms with E-state index >= 15 is 0 Å². The van der Waals surface area contributed by atoms with E-state index in [1.807, 2.05) is 0 Å². The quantitative estimate of drug-likeness (QED) is 0.801. The fourth-order valence-corrected chi connectivity index (χ4v) is 1.86. The first-order chi connectivity index (χ1) is 7.70. The van der Waals surface area contributed by atoms with Crippen LogP contribution < -0.4 is 10.1 Å². The van der Waals surface area contributed by atoms with Crippen molar-refractivity contribution in [3.8, 4) is 5.88 Å². The SMILES string of the molecule is COc1nc(C)nc(Cl)c1CC1=NCCN1. The van der Waals surface area contributed by atoms with Gasteiger partial charge < -0.3 is 10.1 Å². The molecule has 0 saturated heterocycles. The van der Waals surface area contributed by atoms with E-state index in [0.29, 0.717) is 23.3 Å². The van der Waals surface area contributed by atoms with E-state index in [9.17, 15) is 0 Å². The predicted molar refractivity (Wildman–Crippen MR) is 62.3 cm³/mol. The predicted octanol–water partition coefficient (Wildman–Crippen LogP) is 0.991. The second kappa shape index (κ2) is 4.65. The zero-order valence-electron chi connectivity index (χ0n) is 9.25. The highest BCUT2D eigenvalue weighted by Crippen LogP contribution is 2.23. The van der Waals surface area contributed by atoms with Crippen molar-refractivity contribution in [1.82, 2.24) is 15.3 Å². The number of rotatable bonds is 3. The highest BCUT2D eigenvalue weighted by molar-refractivity contribution is 6.30. The van der Waals surface area contributed by atoms with Crippen LogP contribution in [0, 0.1) is 6.92 Å². The van der Waals surface area contributed by atoms with E-state index < -0.39 is 0 Å². The van der Waals surface area contributed by atoms with Crippen LogP contribution in [0.25, 0.3) is 0 Å². The molecule has 0 bridgehead atoms. The van der Waals surface area contributed by atoms with Crippen molar-refractivity contribution < 1.29 is 4.74 Å². The lowest BCUT2D eigenvalue weighted by Crippen LogP contribution is -2.21. The van der Waals surface area contributed by atoms with Gasteiger partial charge in [-0.3, -0.25) is 4.99 Å². The Morgan fingerprint density at radius 1 is 1.44 bits per heavy atom. The van der Waals surface area contributed by atoms with Crippen LogP contribution in [0.15, 0.2) is 4.99 Å². The summed E-state index contributed by atoms with van der Waals surface area (Å²) in [6.45, 7) is 3.47. The third-order valence-electron chi connectivity index (χ3n) is 2.31. The van der Waals surface area contributed by atoms with E-state index in [0.717, 1.165) is 24.5 Å². The number of nitrogens with zero attached hydrogens (tertiary/aromatic N) is 3. The first kappa shape index (κ1) is 11.1. The topological polar surface area (TPSA) is 59.4 Å². The number of aryl methyl sites for hydroxylation is 1. The standard InChI is InChI=1S/C10H13ClN4O/c1-6-14-9(11)7(10(15-6)16-2)5-8-12-3-4-13-8/h3-5H2,1-2H3,(H,12,13). The molecule has 0 aliphatic carbocycles. The lowest BCUT2D eigenvalue weighted by Gasteiger charge is -2.09. The molecule has 1 aromatic rings. The molecule has 2 heterocycles. The van der Waals surface area contributed by atoms with Gasteiger partial charge in [0.25, 0.3) is 0 Å². The van der Waals surface area contributed by atoms with Crippen LogP contribution in [0.2, 0.25) is 5.15 Å². The maximum Gasteiger partial charge on any atom is 0.221 e. The number of nitrogens with one attached hydrogen (secondary N) is 1. The lowest BCUT2D eigenvalue weighted by atomic mass is 10.2. The summed E-state index contributed by atoms with van der Waals surface area (Å²) in [4.78, 5) is 12.6. The van der Waals surface area contributed by atoms with Crippen molar-refractivity contribution in [2.45, 2.75) is 13.3 Å². The molecule has 0 unspecified atom stereocenters. The summed E-state index contributed by atoms with van der Waals surface area (Å²) in [5.41, 5.74) is 0.780. The Balaban J connectivity index is 2.31. The number of halogens is 1. The summed E-state index contributed by atoms with van der Waals surface area (Å²) in [6, 6.07) is 0. The minimum Gasteiger partial charge on any atom is -0.481 e. The fraction of sp³-hybridized carbons (Fsp3) is 0.500. The molecule has 1 N–H and O–H groups in total. The van der Waals surface area contributed by atoms with Crippen molar-refractivity contribution in [3.05, 3.63) is 16.5 Å². The molecule has 0 aromatic carbocycles. The summed E-state index contributed by atoms with van der Waals surface area (Å²) in [7, 11) is 1.57. The van der Waals surface area contributed by atoms with Crippen LogP contribution in [0.3, 0.4) is 0 Å². The van der Waals surface area contributed by atoms with Gasteiger partial charge in [-0.05, 0) is 6.92 Å². The second-order valence-electron chi connectivity index (χ2n) is 3.48. The average Bonchev–Trinajstić information content (AvgIpc) is 2.74. The zero-order valence-corrected chi connectivity index (χ0v) is 10.0. The molecule has 0 fully saturated rings. The van der Waals surface area contributed by atoms with Crippen molar-refractivity contribution in [1.29, 1.82) is 0 Å². The van der Waals surface area contributed by atoms with Gasteiger partial charge in [-0.1, -0.05) is 11.6 Å². The average molecular weight is 241 g/mol. The molecule has 0 radical (unpaired) electrons. The number of hydrogen-bond acceptors (Lipinski definition) is 5. The van der Waals surface area contributed by atoms with Gasteiger partial charge in [-0.2, -0.15) is 4.98 Å². The summed E-state index contributed by atoms with van der Waals surface area (Å²) in [6.07, 6.45) is 0.586. The molecule has 0 amide bonds. The zero-order chi connectivity index (χ0) is 11.5. The first-order valence-electron chi connectivity index (χ1n) is 5.05. The van der Waals surface area contributed by atoms with Gasteiger partial charge >= 0.3 is 0 Å². The van der Waals surface area contributed by atoms with E-state index in [4.69, 9.17) is 16.3 Å². The van der Waals surface area contributed by atoms with Gasteiger partial charge in [-0.25, -0.2) is 4.98 Å². The lowest BCUT2D eigenvalue weighted by molar-refractivity contribution is 0.391. The minimum atomic E-state index is 0.431. The number of aliphatic imine (C=N–C) groups is 1. The highest BCUT2D eigenvalue weighted by atomic mass is 35.5. The number of amidine groups is 1. The van der Waals surface area contributed by atoms with Crippen molar-refractivity contribution in [2.24, 2.45) is 4.99 Å². The fourth-order valence-electron chi connectivity index (χ4n) is 1.59. The molecule has 6 heteroatoms. The van der Waals surface area contributed by atoms with Crippen molar-refractivity contribution >= 4 is 17.4 Å². The van der Waals surface area contributed by atoms with E-state index in [-0.39, 0.29) is 0 Å². The van der Waals surface area contributed by atoms with Gasteiger partial charge in [0.05, 0.1) is 19.2 Å². The number of hydrogen-bond donors (Lipinski definition) is 1. The Labute approximate surface area is 98.9 Å². The third kappa shape index (κ3) is 2.24. The Bertz CT molecular complexity index is 433. The maximum atomic E-state index is 6.08. The summed E-state index contributed by atoms with van der Waals surface area (Å²) in [5, 5.41) is 3.61. The summed E-state index contributed by atoms with van der Waals surface area (Å²) in [5.74, 6) is 2.04. The van der Waals surface area contributed by atoms with Crippen LogP contribution in [0.5, 0.6) is 5.88 Å². The van der Waals surface area contributed by atoms with Crippen LogP contribution >= 0.6 is 11.6 Å². The number of ether oxygens (including phenoxy) is 1. The van der Waals surface area contributed by atoms with Gasteiger partial charge in [0.15, 0.2) is 0 Å². The monoisotopic (exact) mass is 240 g/mol. The van der Waals surface area contributed by atoms with Crippen molar-refractivity contribution in [3.63, 3.8) is 0 Å². The molecule has 1 aliphatic heterocycles. The molecule has 1 aromatic heterocycles. The first-order valence-corrected chi connectivity index (χ1v) is 5.42. The number of aromatic nitrogens is 2.